The Balaban J connectivity index is 1.51. The fourth-order valence-corrected chi connectivity index (χ4v) is 4.58. The topological polar surface area (TPSA) is 104 Å². The number of anilines is 1. The third-order valence-electron chi connectivity index (χ3n) is 6.33. The van der Waals surface area contributed by atoms with Crippen LogP contribution in [0.25, 0.3) is 5.76 Å². The van der Waals surface area contributed by atoms with Crippen molar-refractivity contribution in [1.82, 2.24) is 0 Å². The lowest BCUT2D eigenvalue weighted by molar-refractivity contribution is -0.132. The minimum atomic E-state index is -0.899. The van der Waals surface area contributed by atoms with Crippen LogP contribution < -0.4 is 28.6 Å². The first-order valence-electron chi connectivity index (χ1n) is 11.3. The molecule has 1 N–H and O–H groups in total. The largest absolute Gasteiger partial charge is 0.507 e. The first-order valence-corrected chi connectivity index (χ1v) is 11.3. The number of rotatable bonds is 4. The molecule has 0 spiro atoms. The van der Waals surface area contributed by atoms with Crippen molar-refractivity contribution in [2.24, 2.45) is 0 Å². The SMILES string of the molecule is COc1ccc(C2/C(=C(\O)c3ccc4c(c3)OCO4)C(=O)C(=O)N2c2ccc3c(c2)OCCO3)cc1. The average Bonchev–Trinajstić information content (AvgIpc) is 3.50. The molecule has 1 unspecified atom stereocenters. The monoisotopic (exact) mass is 487 g/mol. The van der Waals surface area contributed by atoms with Gasteiger partial charge in [-0.05, 0) is 48.0 Å². The van der Waals surface area contributed by atoms with E-state index in [2.05, 4.69) is 0 Å². The van der Waals surface area contributed by atoms with Crippen LogP contribution in [0.5, 0.6) is 28.7 Å². The first-order chi connectivity index (χ1) is 17.5. The van der Waals surface area contributed by atoms with E-state index in [0.29, 0.717) is 58.8 Å². The van der Waals surface area contributed by atoms with Gasteiger partial charge < -0.3 is 28.8 Å². The fraction of sp³-hybridized carbons (Fsp3) is 0.185. The summed E-state index contributed by atoms with van der Waals surface area (Å²) in [6.45, 7) is 0.874. The zero-order valence-corrected chi connectivity index (χ0v) is 19.2. The summed E-state index contributed by atoms with van der Waals surface area (Å²) < 4.78 is 27.3. The molecule has 1 amide bonds. The molecule has 3 heterocycles. The van der Waals surface area contributed by atoms with Gasteiger partial charge in [-0.3, -0.25) is 14.5 Å². The molecule has 182 valence electrons. The summed E-state index contributed by atoms with van der Waals surface area (Å²) in [4.78, 5) is 28.2. The van der Waals surface area contributed by atoms with Gasteiger partial charge in [0.15, 0.2) is 23.0 Å². The fourth-order valence-electron chi connectivity index (χ4n) is 4.58. The quantitative estimate of drug-likeness (QED) is 0.337. The molecule has 1 fully saturated rings. The Morgan fingerprint density at radius 3 is 2.31 bits per heavy atom. The number of aliphatic hydroxyl groups is 1. The van der Waals surface area contributed by atoms with Crippen molar-refractivity contribution in [2.45, 2.75) is 6.04 Å². The Morgan fingerprint density at radius 1 is 0.861 bits per heavy atom. The van der Waals surface area contributed by atoms with E-state index >= 15 is 0 Å². The molecule has 0 aliphatic carbocycles. The molecule has 36 heavy (non-hydrogen) atoms. The molecule has 6 rings (SSSR count). The highest BCUT2D eigenvalue weighted by Crippen LogP contribution is 2.45. The van der Waals surface area contributed by atoms with Gasteiger partial charge in [0.25, 0.3) is 11.7 Å². The van der Waals surface area contributed by atoms with Gasteiger partial charge >= 0.3 is 0 Å². The third-order valence-corrected chi connectivity index (χ3v) is 6.33. The smallest absolute Gasteiger partial charge is 0.300 e. The maximum Gasteiger partial charge on any atom is 0.300 e. The number of aliphatic hydroxyl groups excluding tert-OH is 1. The van der Waals surface area contributed by atoms with Crippen LogP contribution in [-0.4, -0.2) is 43.9 Å². The van der Waals surface area contributed by atoms with E-state index in [1.165, 1.54) is 4.90 Å². The molecule has 9 nitrogen and oxygen atoms in total. The summed E-state index contributed by atoms with van der Waals surface area (Å²) in [6, 6.07) is 16.0. The molecule has 3 aromatic rings. The predicted octanol–water partition coefficient (Wildman–Crippen LogP) is 3.82. The molecule has 9 heteroatoms. The Bertz CT molecular complexity index is 1410. The zero-order chi connectivity index (χ0) is 24.8. The van der Waals surface area contributed by atoms with Gasteiger partial charge in [-0.25, -0.2) is 0 Å². The Labute approximate surface area is 206 Å². The molecule has 0 bridgehead atoms. The Morgan fingerprint density at radius 2 is 1.53 bits per heavy atom. The van der Waals surface area contributed by atoms with Crippen molar-refractivity contribution in [1.29, 1.82) is 0 Å². The van der Waals surface area contributed by atoms with Crippen LogP contribution in [0.3, 0.4) is 0 Å². The summed E-state index contributed by atoms with van der Waals surface area (Å²) in [5.41, 5.74) is 1.34. The van der Waals surface area contributed by atoms with E-state index in [1.54, 1.807) is 67.8 Å². The van der Waals surface area contributed by atoms with Crippen molar-refractivity contribution in [3.8, 4) is 28.7 Å². The van der Waals surface area contributed by atoms with Crippen LogP contribution in [0, 0.1) is 0 Å². The second kappa shape index (κ2) is 8.53. The van der Waals surface area contributed by atoms with Crippen LogP contribution in [0.15, 0.2) is 66.2 Å². The molecule has 3 aliphatic rings. The minimum Gasteiger partial charge on any atom is -0.507 e. The van der Waals surface area contributed by atoms with Crippen molar-refractivity contribution >= 4 is 23.1 Å². The van der Waals surface area contributed by atoms with Gasteiger partial charge in [0, 0.05) is 17.3 Å². The van der Waals surface area contributed by atoms with Crippen molar-refractivity contribution in [3.05, 3.63) is 77.4 Å². The number of hydrogen-bond donors (Lipinski definition) is 1. The van der Waals surface area contributed by atoms with Crippen LogP contribution in [-0.2, 0) is 9.59 Å². The standard InChI is InChI=1S/C27H21NO8/c1-32-18-6-2-15(3-7-18)24-23(25(29)16-4-8-20-21(12-16)36-14-35-20)26(30)27(31)28(24)17-5-9-19-22(13-17)34-11-10-33-19/h2-9,12-13,24,29H,10-11,14H2,1H3/b25-23+. The lowest BCUT2D eigenvalue weighted by Crippen LogP contribution is -2.29. The van der Waals surface area contributed by atoms with E-state index < -0.39 is 17.7 Å². The first kappa shape index (κ1) is 21.8. The minimum absolute atomic E-state index is 0.0427. The average molecular weight is 487 g/mol. The number of amides is 1. The third kappa shape index (κ3) is 3.48. The summed E-state index contributed by atoms with van der Waals surface area (Å²) in [6.07, 6.45) is 0. The number of hydrogen-bond acceptors (Lipinski definition) is 8. The molecule has 0 radical (unpaired) electrons. The second-order valence-electron chi connectivity index (χ2n) is 8.34. The van der Waals surface area contributed by atoms with Gasteiger partial charge in [0.2, 0.25) is 6.79 Å². The van der Waals surface area contributed by atoms with Crippen LogP contribution in [0.4, 0.5) is 5.69 Å². The summed E-state index contributed by atoms with van der Waals surface area (Å²) >= 11 is 0. The lowest BCUT2D eigenvalue weighted by atomic mass is 9.95. The van der Waals surface area contributed by atoms with Gasteiger partial charge in [0.1, 0.15) is 24.7 Å². The second-order valence-corrected chi connectivity index (χ2v) is 8.34. The maximum atomic E-state index is 13.4. The molecular weight excluding hydrogens is 466 g/mol. The number of methoxy groups -OCH3 is 1. The number of nitrogens with zero attached hydrogens (tertiary/aromatic N) is 1. The summed E-state index contributed by atoms with van der Waals surface area (Å²) in [5, 5.41) is 11.3. The lowest BCUT2D eigenvalue weighted by Gasteiger charge is -2.27. The molecule has 3 aliphatic heterocycles. The van der Waals surface area contributed by atoms with Gasteiger partial charge in [-0.1, -0.05) is 12.1 Å². The van der Waals surface area contributed by atoms with E-state index in [1.807, 2.05) is 0 Å². The predicted molar refractivity (Wildman–Crippen MR) is 128 cm³/mol. The molecule has 3 aromatic carbocycles. The number of carbonyl (C=O) groups is 2. The Hall–Kier alpha value is -4.66. The van der Waals surface area contributed by atoms with E-state index in [4.69, 9.17) is 23.7 Å². The molecule has 1 atom stereocenters. The number of ketones is 1. The zero-order valence-electron chi connectivity index (χ0n) is 19.2. The number of carbonyl (C=O) groups excluding carboxylic acids is 2. The molecule has 0 saturated carbocycles. The normalized spacial score (nSPS) is 19.5. The summed E-state index contributed by atoms with van der Waals surface area (Å²) in [5.74, 6) is 0.748. The van der Waals surface area contributed by atoms with Crippen LogP contribution in [0.2, 0.25) is 0 Å². The van der Waals surface area contributed by atoms with Gasteiger partial charge in [-0.15, -0.1) is 0 Å². The highest BCUT2D eigenvalue weighted by atomic mass is 16.7. The number of Topliss-reactive ketones (excluding diaryl/α,β-unsaturated/α-hetero) is 1. The van der Waals surface area contributed by atoms with Crippen LogP contribution >= 0.6 is 0 Å². The van der Waals surface area contributed by atoms with Gasteiger partial charge in [-0.2, -0.15) is 0 Å². The Kier molecular flexibility index (Phi) is 5.18. The molecular formula is C27H21NO8. The number of fused-ring (bicyclic) bond motifs is 2. The van der Waals surface area contributed by atoms with Crippen molar-refractivity contribution in [2.75, 3.05) is 32.0 Å². The van der Waals surface area contributed by atoms with E-state index in [-0.39, 0.29) is 18.1 Å². The molecule has 0 aromatic heterocycles. The highest BCUT2D eigenvalue weighted by molar-refractivity contribution is 6.51. The van der Waals surface area contributed by atoms with Crippen molar-refractivity contribution < 1.29 is 38.4 Å². The highest BCUT2D eigenvalue weighted by Gasteiger charge is 2.47. The number of benzene rings is 3. The van der Waals surface area contributed by atoms with E-state index in [0.717, 1.165) is 0 Å². The number of ether oxygens (including phenoxy) is 5. The maximum absolute atomic E-state index is 13.4. The molecule has 1 saturated heterocycles. The van der Waals surface area contributed by atoms with Crippen molar-refractivity contribution in [3.63, 3.8) is 0 Å². The summed E-state index contributed by atoms with van der Waals surface area (Å²) in [7, 11) is 1.55. The van der Waals surface area contributed by atoms with Gasteiger partial charge in [0.05, 0.1) is 18.7 Å². The van der Waals surface area contributed by atoms with E-state index in [9.17, 15) is 14.7 Å². The van der Waals surface area contributed by atoms with Crippen LogP contribution in [0.1, 0.15) is 17.2 Å².